The number of rotatable bonds is 4. The van der Waals surface area contributed by atoms with Crippen molar-refractivity contribution in [2.24, 2.45) is 5.41 Å². The van der Waals surface area contributed by atoms with Crippen LogP contribution in [-0.2, 0) is 6.54 Å². The summed E-state index contributed by atoms with van der Waals surface area (Å²) in [7, 11) is 0. The third-order valence-electron chi connectivity index (χ3n) is 3.37. The van der Waals surface area contributed by atoms with Crippen molar-refractivity contribution >= 4 is 16.3 Å². The molecule has 2 rings (SSSR count). The first kappa shape index (κ1) is 14.5. The molecule has 2 aromatic rings. The van der Waals surface area contributed by atoms with Gasteiger partial charge in [-0.2, -0.15) is 0 Å². The van der Waals surface area contributed by atoms with E-state index in [1.165, 1.54) is 10.6 Å². The molecule has 1 atom stereocenters. The number of imidazole rings is 1. The number of aromatic nitrogens is 2. The van der Waals surface area contributed by atoms with Crippen LogP contribution < -0.4 is 5.32 Å². The zero-order chi connectivity index (χ0) is 14.2. The molecule has 0 amide bonds. The lowest BCUT2D eigenvalue weighted by atomic mass is 9.89. The third-order valence-corrected chi connectivity index (χ3v) is 4.27. The first-order chi connectivity index (χ1) is 8.79. The van der Waals surface area contributed by atoms with E-state index in [1.807, 2.05) is 27.7 Å². The number of thiazole rings is 1. The molecule has 0 fully saturated rings. The van der Waals surface area contributed by atoms with Crippen molar-refractivity contribution in [3.63, 3.8) is 0 Å². The molecule has 0 aliphatic carbocycles. The predicted octanol–water partition coefficient (Wildman–Crippen LogP) is 2.51. The van der Waals surface area contributed by atoms with Gasteiger partial charge in [0, 0.05) is 24.2 Å². The Balaban J connectivity index is 2.03. The molecular formula is C14H23N3OS. The van der Waals surface area contributed by atoms with Crippen molar-refractivity contribution in [3.05, 3.63) is 22.5 Å². The summed E-state index contributed by atoms with van der Waals surface area (Å²) in [6.45, 7) is 11.6. The van der Waals surface area contributed by atoms with E-state index in [2.05, 4.69) is 27.8 Å². The molecule has 19 heavy (non-hydrogen) atoms. The van der Waals surface area contributed by atoms with E-state index in [0.29, 0.717) is 6.54 Å². The molecule has 2 heterocycles. The molecule has 0 saturated heterocycles. The van der Waals surface area contributed by atoms with Crippen LogP contribution in [0.4, 0.5) is 0 Å². The molecule has 0 radical (unpaired) electrons. The molecule has 0 aromatic carbocycles. The van der Waals surface area contributed by atoms with E-state index in [0.717, 1.165) is 17.2 Å². The van der Waals surface area contributed by atoms with E-state index >= 15 is 0 Å². The second-order valence-corrected chi connectivity index (χ2v) is 7.36. The van der Waals surface area contributed by atoms with Crippen molar-refractivity contribution in [2.75, 3.05) is 6.54 Å². The molecule has 0 saturated carbocycles. The lowest BCUT2D eigenvalue weighted by molar-refractivity contribution is 0.0627. The van der Waals surface area contributed by atoms with E-state index < -0.39 is 0 Å². The van der Waals surface area contributed by atoms with Crippen LogP contribution in [0.3, 0.4) is 0 Å². The van der Waals surface area contributed by atoms with Crippen LogP contribution in [0.1, 0.15) is 37.0 Å². The highest BCUT2D eigenvalue weighted by molar-refractivity contribution is 7.17. The molecule has 0 spiro atoms. The van der Waals surface area contributed by atoms with Crippen LogP contribution in [0.15, 0.2) is 6.20 Å². The fourth-order valence-electron chi connectivity index (χ4n) is 1.96. The quantitative estimate of drug-likeness (QED) is 0.905. The van der Waals surface area contributed by atoms with Crippen LogP contribution in [-0.4, -0.2) is 27.1 Å². The van der Waals surface area contributed by atoms with Gasteiger partial charge in [-0.25, -0.2) is 4.98 Å². The van der Waals surface area contributed by atoms with E-state index in [-0.39, 0.29) is 11.5 Å². The Morgan fingerprint density at radius 1 is 1.42 bits per heavy atom. The number of hydrogen-bond acceptors (Lipinski definition) is 4. The fraction of sp³-hybridized carbons (Fsp3) is 0.643. The van der Waals surface area contributed by atoms with Crippen LogP contribution in [0.25, 0.3) is 4.96 Å². The molecule has 106 valence electrons. The molecule has 1 unspecified atom stereocenters. The topological polar surface area (TPSA) is 49.6 Å². The lowest BCUT2D eigenvalue weighted by Crippen LogP contribution is -2.36. The number of aryl methyl sites for hydroxylation is 2. The molecule has 4 nitrogen and oxygen atoms in total. The Morgan fingerprint density at radius 3 is 2.74 bits per heavy atom. The summed E-state index contributed by atoms with van der Waals surface area (Å²) in [4.78, 5) is 6.87. The normalized spacial score (nSPS) is 14.2. The van der Waals surface area contributed by atoms with Crippen LogP contribution in [0.5, 0.6) is 0 Å². The maximum Gasteiger partial charge on any atom is 0.194 e. The zero-order valence-corrected chi connectivity index (χ0v) is 13.1. The van der Waals surface area contributed by atoms with Gasteiger partial charge in [0.2, 0.25) is 0 Å². The highest BCUT2D eigenvalue weighted by atomic mass is 32.1. The maximum atomic E-state index is 10.0. The predicted molar refractivity (Wildman–Crippen MR) is 79.7 cm³/mol. The number of nitrogens with zero attached hydrogens (tertiary/aromatic N) is 2. The van der Waals surface area contributed by atoms with Gasteiger partial charge < -0.3 is 10.4 Å². The highest BCUT2D eigenvalue weighted by Crippen LogP contribution is 2.21. The molecule has 5 heteroatoms. The molecule has 0 bridgehead atoms. The lowest BCUT2D eigenvalue weighted by Gasteiger charge is -2.26. The summed E-state index contributed by atoms with van der Waals surface area (Å²) >= 11 is 1.71. The summed E-state index contributed by atoms with van der Waals surface area (Å²) in [5.74, 6) is 0. The van der Waals surface area contributed by atoms with Gasteiger partial charge in [-0.3, -0.25) is 4.40 Å². The van der Waals surface area contributed by atoms with Gasteiger partial charge >= 0.3 is 0 Å². The van der Waals surface area contributed by atoms with Crippen molar-refractivity contribution in [2.45, 2.75) is 47.3 Å². The molecule has 0 aliphatic heterocycles. The Hall–Kier alpha value is -0.910. The second kappa shape index (κ2) is 5.23. The molecular weight excluding hydrogens is 258 g/mol. The Labute approximate surface area is 118 Å². The van der Waals surface area contributed by atoms with Crippen molar-refractivity contribution in [3.8, 4) is 0 Å². The molecule has 2 aromatic heterocycles. The van der Waals surface area contributed by atoms with Gasteiger partial charge in [-0.15, -0.1) is 11.3 Å². The maximum absolute atomic E-state index is 10.0. The number of aliphatic hydroxyl groups is 1. The minimum absolute atomic E-state index is 0.0895. The first-order valence-electron chi connectivity index (χ1n) is 6.62. The van der Waals surface area contributed by atoms with Gasteiger partial charge in [0.1, 0.15) is 0 Å². The van der Waals surface area contributed by atoms with Crippen LogP contribution in [0, 0.1) is 19.3 Å². The van der Waals surface area contributed by atoms with Crippen LogP contribution in [0.2, 0.25) is 0 Å². The monoisotopic (exact) mass is 281 g/mol. The summed E-state index contributed by atoms with van der Waals surface area (Å²) in [6, 6.07) is 0. The standard InChI is InChI=1S/C14H23N3OS/c1-9-8-17-11(10(2)16-13(17)19-9)6-15-7-12(18)14(3,4)5/h8,12,15,18H,6-7H2,1-5H3. The van der Waals surface area contributed by atoms with Gasteiger partial charge in [0.15, 0.2) is 4.96 Å². The van der Waals surface area contributed by atoms with Gasteiger partial charge in [0.05, 0.1) is 17.5 Å². The fourth-order valence-corrected chi connectivity index (χ4v) is 2.85. The van der Waals surface area contributed by atoms with E-state index in [4.69, 9.17) is 0 Å². The summed E-state index contributed by atoms with van der Waals surface area (Å²) < 4.78 is 2.14. The Bertz CT molecular complexity index is 565. The number of hydrogen-bond donors (Lipinski definition) is 2. The van der Waals surface area contributed by atoms with Gasteiger partial charge in [-0.1, -0.05) is 20.8 Å². The van der Waals surface area contributed by atoms with Gasteiger partial charge in [-0.05, 0) is 19.3 Å². The summed E-state index contributed by atoms with van der Waals surface area (Å²) in [5.41, 5.74) is 2.15. The Kier molecular flexibility index (Phi) is 3.99. The molecule has 2 N–H and O–H groups in total. The van der Waals surface area contributed by atoms with Crippen LogP contribution >= 0.6 is 11.3 Å². The average Bonchev–Trinajstić information content (AvgIpc) is 2.74. The number of aliphatic hydroxyl groups excluding tert-OH is 1. The smallest absolute Gasteiger partial charge is 0.194 e. The minimum Gasteiger partial charge on any atom is -0.391 e. The Morgan fingerprint density at radius 2 is 2.11 bits per heavy atom. The highest BCUT2D eigenvalue weighted by Gasteiger charge is 2.21. The number of fused-ring (bicyclic) bond motifs is 1. The first-order valence-corrected chi connectivity index (χ1v) is 7.43. The minimum atomic E-state index is -0.347. The average molecular weight is 281 g/mol. The SMILES string of the molecule is Cc1cn2c(CNCC(O)C(C)(C)C)c(C)nc2s1. The van der Waals surface area contributed by atoms with Crippen molar-refractivity contribution < 1.29 is 5.11 Å². The van der Waals surface area contributed by atoms with E-state index in [9.17, 15) is 5.11 Å². The zero-order valence-electron chi connectivity index (χ0n) is 12.3. The van der Waals surface area contributed by atoms with Crippen molar-refractivity contribution in [1.82, 2.24) is 14.7 Å². The largest absolute Gasteiger partial charge is 0.391 e. The molecule has 0 aliphatic rings. The summed E-state index contributed by atoms with van der Waals surface area (Å²) in [5, 5.41) is 13.3. The number of nitrogens with one attached hydrogen (secondary N) is 1. The second-order valence-electron chi connectivity index (χ2n) is 6.15. The van der Waals surface area contributed by atoms with Crippen molar-refractivity contribution in [1.29, 1.82) is 0 Å². The van der Waals surface area contributed by atoms with Gasteiger partial charge in [0.25, 0.3) is 0 Å². The summed E-state index contributed by atoms with van der Waals surface area (Å²) in [6.07, 6.45) is 1.78. The third kappa shape index (κ3) is 3.16. The van der Waals surface area contributed by atoms with E-state index in [1.54, 1.807) is 11.3 Å².